The van der Waals surface area contributed by atoms with E-state index in [1.165, 1.54) is 5.56 Å². The van der Waals surface area contributed by atoms with Crippen molar-refractivity contribution in [2.24, 2.45) is 0 Å². The van der Waals surface area contributed by atoms with Crippen LogP contribution in [0.4, 0.5) is 6.01 Å². The lowest BCUT2D eigenvalue weighted by Gasteiger charge is -2.40. The number of hydrogen-bond donors (Lipinski definition) is 0. The van der Waals surface area contributed by atoms with Crippen LogP contribution in [0.5, 0.6) is 0 Å². The largest absolute Gasteiger partial charge is 1.00 e. The van der Waals surface area contributed by atoms with Crippen molar-refractivity contribution in [1.82, 2.24) is 4.98 Å². The molecule has 2 aromatic rings. The molecular formula is C16H22BrN3O. The zero-order chi connectivity index (χ0) is 14.2. The van der Waals surface area contributed by atoms with Gasteiger partial charge in [0.1, 0.15) is 5.52 Å². The molecule has 1 aliphatic heterocycles. The van der Waals surface area contributed by atoms with Gasteiger partial charge in [0, 0.05) is 0 Å². The molecule has 0 radical (unpaired) electrons. The highest BCUT2D eigenvalue weighted by Crippen LogP contribution is 2.24. The Labute approximate surface area is 136 Å². The molecule has 0 bridgehead atoms. The first-order valence-electron chi connectivity index (χ1n) is 7.16. The van der Waals surface area contributed by atoms with E-state index >= 15 is 0 Å². The van der Waals surface area contributed by atoms with Gasteiger partial charge in [-0.1, -0.05) is 12.6 Å². The molecule has 2 heterocycles. The third-order valence-corrected chi connectivity index (χ3v) is 4.19. The molecule has 1 aromatic heterocycles. The number of oxazole rings is 1. The normalized spacial score (nSPS) is 17.5. The summed E-state index contributed by atoms with van der Waals surface area (Å²) in [4.78, 5) is 6.87. The maximum absolute atomic E-state index is 5.88. The van der Waals surface area contributed by atoms with Gasteiger partial charge in [0.2, 0.25) is 0 Å². The van der Waals surface area contributed by atoms with Crippen LogP contribution in [-0.4, -0.2) is 49.2 Å². The summed E-state index contributed by atoms with van der Waals surface area (Å²) < 4.78 is 6.93. The lowest BCUT2D eigenvalue weighted by molar-refractivity contribution is -0.904. The van der Waals surface area contributed by atoms with Gasteiger partial charge in [-0.3, -0.25) is 0 Å². The number of likely N-dealkylation sites (N-methyl/N-ethyl adjacent to an activating group) is 1. The Bertz CT molecular complexity index is 629. The van der Waals surface area contributed by atoms with Crippen molar-refractivity contribution in [2.45, 2.75) is 6.92 Å². The van der Waals surface area contributed by atoms with Gasteiger partial charge in [-0.05, 0) is 30.7 Å². The number of aryl methyl sites for hydroxylation is 1. The Morgan fingerprint density at radius 2 is 2.10 bits per heavy atom. The van der Waals surface area contributed by atoms with Crippen LogP contribution in [-0.2, 0) is 0 Å². The molecule has 0 saturated carbocycles. The second-order valence-corrected chi connectivity index (χ2v) is 5.99. The number of anilines is 1. The fourth-order valence-corrected chi connectivity index (χ4v) is 2.79. The minimum atomic E-state index is 0. The second kappa shape index (κ2) is 6.20. The van der Waals surface area contributed by atoms with E-state index in [9.17, 15) is 0 Å². The number of hydrogen-bond acceptors (Lipinski definition) is 3. The summed E-state index contributed by atoms with van der Waals surface area (Å²) in [6, 6.07) is 6.90. The van der Waals surface area contributed by atoms with Crippen LogP contribution in [0.2, 0.25) is 0 Å². The molecule has 0 N–H and O–H groups in total. The van der Waals surface area contributed by atoms with Crippen LogP contribution in [0, 0.1) is 6.92 Å². The molecule has 1 fully saturated rings. The Balaban J connectivity index is 0.00000161. The van der Waals surface area contributed by atoms with E-state index in [4.69, 9.17) is 4.42 Å². The van der Waals surface area contributed by atoms with Gasteiger partial charge < -0.3 is 30.8 Å². The molecule has 21 heavy (non-hydrogen) atoms. The van der Waals surface area contributed by atoms with Crippen molar-refractivity contribution in [3.63, 3.8) is 0 Å². The van der Waals surface area contributed by atoms with E-state index in [0.717, 1.165) is 54.3 Å². The van der Waals surface area contributed by atoms with Crippen LogP contribution in [0.25, 0.3) is 11.1 Å². The Morgan fingerprint density at radius 3 is 2.76 bits per heavy atom. The van der Waals surface area contributed by atoms with Crippen molar-refractivity contribution >= 4 is 17.1 Å². The molecule has 1 aromatic carbocycles. The molecule has 0 spiro atoms. The van der Waals surface area contributed by atoms with Gasteiger partial charge in [0.15, 0.2) is 5.58 Å². The van der Waals surface area contributed by atoms with E-state index in [1.807, 2.05) is 12.1 Å². The number of rotatable bonds is 3. The number of fused-ring (bicyclic) bond motifs is 1. The summed E-state index contributed by atoms with van der Waals surface area (Å²) in [6.07, 6.45) is 2.01. The molecular weight excluding hydrogens is 330 g/mol. The first-order valence-corrected chi connectivity index (χ1v) is 7.16. The van der Waals surface area contributed by atoms with E-state index < -0.39 is 0 Å². The fourth-order valence-electron chi connectivity index (χ4n) is 2.79. The highest BCUT2D eigenvalue weighted by Gasteiger charge is 2.29. The lowest BCUT2D eigenvalue weighted by Crippen LogP contribution is -3.00. The molecule has 0 atom stereocenters. The van der Waals surface area contributed by atoms with Gasteiger partial charge in [-0.25, -0.2) is 0 Å². The average Bonchev–Trinajstić information content (AvgIpc) is 2.82. The smallest absolute Gasteiger partial charge is 0.298 e. The van der Waals surface area contributed by atoms with Crippen LogP contribution in [0.3, 0.4) is 0 Å². The Kier molecular flexibility index (Phi) is 4.74. The third-order valence-electron chi connectivity index (χ3n) is 4.19. The SMILES string of the molecule is C=CC[N+]1(C)CCN(c2nc3cc(C)ccc3o2)CC1.[Br-]. The standard InChI is InChI=1S/C16H22N3O.BrH/c1-4-9-19(3)10-7-18(8-11-19)16-17-14-12-13(2)5-6-15(14)20-16;/h4-6,12H,1,7-11H2,2-3H3;1H/q+1;/p-1. The highest BCUT2D eigenvalue weighted by atomic mass is 79.9. The summed E-state index contributed by atoms with van der Waals surface area (Å²) in [5.74, 6) is 0. The highest BCUT2D eigenvalue weighted by molar-refractivity contribution is 5.75. The average molecular weight is 352 g/mol. The molecule has 1 aliphatic rings. The van der Waals surface area contributed by atoms with Crippen molar-refractivity contribution in [1.29, 1.82) is 0 Å². The lowest BCUT2D eigenvalue weighted by atomic mass is 10.2. The predicted octanol–water partition coefficient (Wildman–Crippen LogP) is -0.407. The molecule has 0 aliphatic carbocycles. The number of quaternary nitrogens is 1. The van der Waals surface area contributed by atoms with Crippen LogP contribution >= 0.6 is 0 Å². The van der Waals surface area contributed by atoms with Gasteiger partial charge in [-0.2, -0.15) is 4.98 Å². The summed E-state index contributed by atoms with van der Waals surface area (Å²) in [5, 5.41) is 0. The van der Waals surface area contributed by atoms with E-state index in [1.54, 1.807) is 0 Å². The summed E-state index contributed by atoms with van der Waals surface area (Å²) in [6.45, 7) is 11.1. The number of halogens is 1. The van der Waals surface area contributed by atoms with Crippen molar-refractivity contribution < 1.29 is 25.9 Å². The predicted molar refractivity (Wildman–Crippen MR) is 81.9 cm³/mol. The number of benzene rings is 1. The molecule has 5 heteroatoms. The van der Waals surface area contributed by atoms with E-state index in [2.05, 4.69) is 42.6 Å². The zero-order valence-electron chi connectivity index (χ0n) is 12.7. The number of piperazine rings is 1. The monoisotopic (exact) mass is 351 g/mol. The van der Waals surface area contributed by atoms with Crippen molar-refractivity contribution in [3.8, 4) is 0 Å². The molecule has 114 valence electrons. The van der Waals surface area contributed by atoms with Crippen molar-refractivity contribution in [3.05, 3.63) is 36.4 Å². The van der Waals surface area contributed by atoms with Crippen LogP contribution < -0.4 is 21.9 Å². The summed E-state index contributed by atoms with van der Waals surface area (Å²) >= 11 is 0. The summed E-state index contributed by atoms with van der Waals surface area (Å²) in [5.41, 5.74) is 3.04. The van der Waals surface area contributed by atoms with Gasteiger partial charge in [0.25, 0.3) is 6.01 Å². The minimum absolute atomic E-state index is 0. The first kappa shape index (κ1) is 16.0. The van der Waals surface area contributed by atoms with Gasteiger partial charge >= 0.3 is 0 Å². The fraction of sp³-hybridized carbons (Fsp3) is 0.438. The molecule has 4 nitrogen and oxygen atoms in total. The number of nitrogens with zero attached hydrogens (tertiary/aromatic N) is 3. The Hall–Kier alpha value is -1.33. The summed E-state index contributed by atoms with van der Waals surface area (Å²) in [7, 11) is 2.29. The first-order chi connectivity index (χ1) is 9.59. The Morgan fingerprint density at radius 1 is 1.38 bits per heavy atom. The quantitative estimate of drug-likeness (QED) is 0.556. The van der Waals surface area contributed by atoms with Crippen LogP contribution in [0.15, 0.2) is 35.3 Å². The number of aromatic nitrogens is 1. The van der Waals surface area contributed by atoms with Gasteiger partial charge in [-0.15, -0.1) is 0 Å². The molecule has 1 saturated heterocycles. The topological polar surface area (TPSA) is 29.3 Å². The molecule has 0 unspecified atom stereocenters. The third kappa shape index (κ3) is 3.30. The van der Waals surface area contributed by atoms with E-state index in [0.29, 0.717) is 0 Å². The zero-order valence-corrected chi connectivity index (χ0v) is 14.3. The van der Waals surface area contributed by atoms with E-state index in [-0.39, 0.29) is 17.0 Å². The van der Waals surface area contributed by atoms with Crippen LogP contribution in [0.1, 0.15) is 5.56 Å². The maximum atomic E-state index is 5.88. The van der Waals surface area contributed by atoms with Gasteiger partial charge in [0.05, 0.1) is 39.8 Å². The second-order valence-electron chi connectivity index (χ2n) is 5.99. The maximum Gasteiger partial charge on any atom is 0.298 e. The molecule has 0 amide bonds. The van der Waals surface area contributed by atoms with Crippen molar-refractivity contribution in [2.75, 3.05) is 44.7 Å². The molecule has 3 rings (SSSR count). The minimum Gasteiger partial charge on any atom is -1.00 e.